The second-order valence-corrected chi connectivity index (χ2v) is 8.73. The number of likely N-dealkylation sites (tertiary alicyclic amines) is 1. The standard InChI is InChI=1S/C21H30N4O4/c1-21(2,3)29-20(26)24-10-6-4-5-7-14(13-24)25-17-15(23-19(25)22)8-9-16-18(17)28-12-11-27-16/h8-9,14H,4-7,10-13H2,1-3H3,(H2,22,23)/t14-/m1/s1. The average Bonchev–Trinajstić information content (AvgIpc) is 2.97. The number of amides is 1. The van der Waals surface area contributed by atoms with Crippen molar-refractivity contribution in [1.29, 1.82) is 0 Å². The highest BCUT2D eigenvalue weighted by atomic mass is 16.6. The maximum atomic E-state index is 12.8. The van der Waals surface area contributed by atoms with E-state index in [1.165, 1.54) is 0 Å². The van der Waals surface area contributed by atoms with E-state index in [4.69, 9.17) is 19.9 Å². The molecule has 2 aromatic rings. The Bertz CT molecular complexity index is 902. The molecule has 0 aliphatic carbocycles. The zero-order valence-corrected chi connectivity index (χ0v) is 17.4. The summed E-state index contributed by atoms with van der Waals surface area (Å²) in [4.78, 5) is 19.1. The Labute approximate surface area is 170 Å². The Balaban J connectivity index is 1.71. The van der Waals surface area contributed by atoms with Gasteiger partial charge >= 0.3 is 6.09 Å². The number of hydrogen-bond donors (Lipinski definition) is 1. The topological polar surface area (TPSA) is 91.8 Å². The fraction of sp³-hybridized carbons (Fsp3) is 0.619. The predicted octanol–water partition coefficient (Wildman–Crippen LogP) is 3.74. The maximum Gasteiger partial charge on any atom is 0.410 e. The largest absolute Gasteiger partial charge is 0.486 e. The third-order valence-corrected chi connectivity index (χ3v) is 5.30. The van der Waals surface area contributed by atoms with Crippen LogP contribution in [0.25, 0.3) is 11.0 Å². The van der Waals surface area contributed by atoms with Crippen molar-refractivity contribution in [2.75, 3.05) is 32.0 Å². The van der Waals surface area contributed by atoms with Crippen LogP contribution in [0.4, 0.5) is 10.7 Å². The Morgan fingerprint density at radius 2 is 2.00 bits per heavy atom. The Morgan fingerprint density at radius 3 is 2.79 bits per heavy atom. The third-order valence-electron chi connectivity index (χ3n) is 5.30. The lowest BCUT2D eigenvalue weighted by atomic mass is 10.0. The van der Waals surface area contributed by atoms with E-state index in [2.05, 4.69) is 4.98 Å². The molecule has 0 spiro atoms. The number of ether oxygens (including phenoxy) is 3. The molecule has 158 valence electrons. The van der Waals surface area contributed by atoms with Crippen molar-refractivity contribution in [2.24, 2.45) is 0 Å². The minimum Gasteiger partial charge on any atom is -0.486 e. The summed E-state index contributed by atoms with van der Waals surface area (Å²) in [7, 11) is 0. The van der Waals surface area contributed by atoms with E-state index in [1.807, 2.05) is 37.5 Å². The van der Waals surface area contributed by atoms with E-state index < -0.39 is 5.60 Å². The van der Waals surface area contributed by atoms with Gasteiger partial charge in [-0.1, -0.05) is 12.8 Å². The van der Waals surface area contributed by atoms with Gasteiger partial charge in [0.15, 0.2) is 11.5 Å². The first-order valence-electron chi connectivity index (χ1n) is 10.4. The molecule has 2 aliphatic heterocycles. The summed E-state index contributed by atoms with van der Waals surface area (Å²) in [5.41, 5.74) is 7.44. The van der Waals surface area contributed by atoms with E-state index in [9.17, 15) is 4.79 Å². The van der Waals surface area contributed by atoms with Crippen LogP contribution in [0, 0.1) is 0 Å². The molecule has 29 heavy (non-hydrogen) atoms. The van der Waals surface area contributed by atoms with Crippen molar-refractivity contribution < 1.29 is 19.0 Å². The minimum absolute atomic E-state index is 0.00940. The first kappa shape index (κ1) is 19.7. The molecule has 8 heteroatoms. The Hall–Kier alpha value is -2.64. The van der Waals surface area contributed by atoms with Crippen LogP contribution >= 0.6 is 0 Å². The molecule has 1 fully saturated rings. The molecule has 8 nitrogen and oxygen atoms in total. The average molecular weight is 402 g/mol. The van der Waals surface area contributed by atoms with Crippen LogP contribution in [-0.4, -0.2) is 52.4 Å². The number of aromatic nitrogens is 2. The lowest BCUT2D eigenvalue weighted by Crippen LogP contribution is -2.41. The molecule has 0 bridgehead atoms. The van der Waals surface area contributed by atoms with Gasteiger partial charge in [0.1, 0.15) is 24.3 Å². The molecule has 4 rings (SSSR count). The van der Waals surface area contributed by atoms with Gasteiger partial charge < -0.3 is 29.4 Å². The summed E-state index contributed by atoms with van der Waals surface area (Å²) in [6.07, 6.45) is 3.71. The fourth-order valence-corrected chi connectivity index (χ4v) is 4.07. The molecule has 2 aliphatic rings. The summed E-state index contributed by atoms with van der Waals surface area (Å²) < 4.78 is 19.3. The van der Waals surface area contributed by atoms with Gasteiger partial charge in [0.05, 0.1) is 11.6 Å². The van der Waals surface area contributed by atoms with Gasteiger partial charge in [0.25, 0.3) is 0 Å². The number of benzene rings is 1. The van der Waals surface area contributed by atoms with Crippen molar-refractivity contribution in [1.82, 2.24) is 14.5 Å². The lowest BCUT2D eigenvalue weighted by molar-refractivity contribution is 0.0207. The van der Waals surface area contributed by atoms with Gasteiger partial charge in [0.2, 0.25) is 5.95 Å². The minimum atomic E-state index is -0.528. The number of nitrogens with two attached hydrogens (primary N) is 1. The van der Waals surface area contributed by atoms with Crippen LogP contribution in [0.5, 0.6) is 11.5 Å². The summed E-state index contributed by atoms with van der Waals surface area (Å²) >= 11 is 0. The van der Waals surface area contributed by atoms with E-state index in [0.29, 0.717) is 43.8 Å². The predicted molar refractivity (Wildman–Crippen MR) is 110 cm³/mol. The number of fused-ring (bicyclic) bond motifs is 3. The van der Waals surface area contributed by atoms with Crippen LogP contribution in [0.3, 0.4) is 0 Å². The van der Waals surface area contributed by atoms with Gasteiger partial charge in [-0.25, -0.2) is 9.78 Å². The highest BCUT2D eigenvalue weighted by molar-refractivity contribution is 5.87. The Morgan fingerprint density at radius 1 is 1.21 bits per heavy atom. The number of imidazole rings is 1. The van der Waals surface area contributed by atoms with Crippen molar-refractivity contribution in [3.05, 3.63) is 12.1 Å². The Kier molecular flexibility index (Phi) is 5.19. The third kappa shape index (κ3) is 4.06. The first-order chi connectivity index (χ1) is 13.8. The van der Waals surface area contributed by atoms with Crippen molar-refractivity contribution in [3.8, 4) is 11.5 Å². The summed E-state index contributed by atoms with van der Waals surface area (Å²) in [5.74, 6) is 1.82. The molecule has 3 heterocycles. The van der Waals surface area contributed by atoms with E-state index >= 15 is 0 Å². The highest BCUT2D eigenvalue weighted by Crippen LogP contribution is 2.41. The molecule has 0 unspecified atom stereocenters. The van der Waals surface area contributed by atoms with E-state index in [0.717, 1.165) is 36.7 Å². The molecule has 1 atom stereocenters. The lowest BCUT2D eigenvalue weighted by Gasteiger charge is -2.33. The molecule has 0 saturated carbocycles. The second-order valence-electron chi connectivity index (χ2n) is 8.73. The number of hydrogen-bond acceptors (Lipinski definition) is 6. The van der Waals surface area contributed by atoms with E-state index in [-0.39, 0.29) is 12.1 Å². The number of nitrogen functional groups attached to an aromatic ring is 1. The number of carbonyl (C=O) groups excluding carboxylic acids is 1. The van der Waals surface area contributed by atoms with E-state index in [1.54, 1.807) is 4.90 Å². The molecule has 1 saturated heterocycles. The maximum absolute atomic E-state index is 12.8. The van der Waals surface area contributed by atoms with Crippen LogP contribution in [0.2, 0.25) is 0 Å². The quantitative estimate of drug-likeness (QED) is 0.781. The molecule has 1 amide bonds. The van der Waals surface area contributed by atoms with Crippen molar-refractivity contribution >= 4 is 23.1 Å². The summed E-state index contributed by atoms with van der Waals surface area (Å²) in [5, 5.41) is 0. The highest BCUT2D eigenvalue weighted by Gasteiger charge is 2.30. The molecular formula is C21H30N4O4. The summed E-state index contributed by atoms with van der Waals surface area (Å²) in [6, 6.07) is 3.77. The van der Waals surface area contributed by atoms with Crippen molar-refractivity contribution in [3.63, 3.8) is 0 Å². The zero-order chi connectivity index (χ0) is 20.6. The number of nitrogens with zero attached hydrogens (tertiary/aromatic N) is 3. The zero-order valence-electron chi connectivity index (χ0n) is 17.4. The number of rotatable bonds is 1. The number of carbonyl (C=O) groups is 1. The molecule has 0 radical (unpaired) electrons. The SMILES string of the molecule is CC(C)(C)OC(=O)N1CCCCC[C@@H](n2c(N)nc3ccc4c(c32)OCCO4)C1. The fourth-order valence-electron chi connectivity index (χ4n) is 4.07. The van der Waals surface area contributed by atoms with Crippen LogP contribution in [0.15, 0.2) is 12.1 Å². The van der Waals surface area contributed by atoms with Gasteiger partial charge in [0, 0.05) is 13.1 Å². The van der Waals surface area contributed by atoms with Crippen LogP contribution in [0.1, 0.15) is 52.5 Å². The molecule has 1 aromatic heterocycles. The monoisotopic (exact) mass is 402 g/mol. The molecular weight excluding hydrogens is 372 g/mol. The van der Waals surface area contributed by atoms with Gasteiger partial charge in [-0.3, -0.25) is 0 Å². The van der Waals surface area contributed by atoms with Gasteiger partial charge in [-0.05, 0) is 45.7 Å². The van der Waals surface area contributed by atoms with Crippen LogP contribution < -0.4 is 15.2 Å². The smallest absolute Gasteiger partial charge is 0.410 e. The van der Waals surface area contributed by atoms with Crippen LogP contribution in [-0.2, 0) is 4.74 Å². The second kappa shape index (κ2) is 7.65. The summed E-state index contributed by atoms with van der Waals surface area (Å²) in [6.45, 7) is 7.88. The normalized spacial score (nSPS) is 20.2. The van der Waals surface area contributed by atoms with Gasteiger partial charge in [-0.2, -0.15) is 0 Å². The number of anilines is 1. The van der Waals surface area contributed by atoms with Gasteiger partial charge in [-0.15, -0.1) is 0 Å². The molecule has 2 N–H and O–H groups in total. The molecule has 1 aromatic carbocycles. The van der Waals surface area contributed by atoms with Crippen molar-refractivity contribution in [2.45, 2.75) is 58.1 Å². The first-order valence-corrected chi connectivity index (χ1v) is 10.4.